The van der Waals surface area contributed by atoms with Gasteiger partial charge in [-0.2, -0.15) is 0 Å². The Kier molecular flexibility index (Phi) is 7.40. The van der Waals surface area contributed by atoms with E-state index >= 15 is 0 Å². The normalized spacial score (nSPS) is 17.7. The van der Waals surface area contributed by atoms with Gasteiger partial charge in [0.2, 0.25) is 0 Å². The first-order chi connectivity index (χ1) is 10.2. The monoisotopic (exact) mass is 330 g/mol. The molecule has 0 unspecified atom stereocenters. The molecule has 0 N–H and O–H groups in total. The molecule has 4 nitrogen and oxygen atoms in total. The Morgan fingerprint density at radius 3 is 2.43 bits per heavy atom. The Morgan fingerprint density at radius 1 is 1.19 bits per heavy atom. The number of piperazine rings is 1. The highest BCUT2D eigenvalue weighted by Gasteiger charge is 2.16. The van der Waals surface area contributed by atoms with Crippen molar-refractivity contribution in [3.05, 3.63) is 16.1 Å². The van der Waals surface area contributed by atoms with Gasteiger partial charge in [0, 0.05) is 51.1 Å². The van der Waals surface area contributed by atoms with Gasteiger partial charge < -0.3 is 9.80 Å². The number of hydrogen-bond acceptors (Lipinski definition) is 5. The van der Waals surface area contributed by atoms with Gasteiger partial charge in [-0.25, -0.2) is 4.98 Å². The molecule has 120 valence electrons. The minimum atomic E-state index is 0.533. The highest BCUT2D eigenvalue weighted by molar-refractivity contribution is 7.09. The molecular weight excluding hydrogens is 304 g/mol. The summed E-state index contributed by atoms with van der Waals surface area (Å²) in [5, 5.41) is 3.31. The lowest BCUT2D eigenvalue weighted by Crippen LogP contribution is -2.48. The second-order valence-corrected chi connectivity index (χ2v) is 7.17. The van der Waals surface area contributed by atoms with Gasteiger partial charge in [0.05, 0.1) is 16.6 Å². The van der Waals surface area contributed by atoms with Crippen molar-refractivity contribution in [3.8, 4) is 0 Å². The number of halogens is 1. The molecule has 21 heavy (non-hydrogen) atoms. The Balaban J connectivity index is 1.58. The van der Waals surface area contributed by atoms with Gasteiger partial charge in [0.15, 0.2) is 0 Å². The maximum atomic E-state index is 5.78. The third-order valence-corrected chi connectivity index (χ3v) is 5.16. The number of alkyl halides is 1. The molecule has 1 fully saturated rings. The van der Waals surface area contributed by atoms with E-state index in [9.17, 15) is 0 Å². The predicted molar refractivity (Wildman–Crippen MR) is 91.4 cm³/mol. The lowest BCUT2D eigenvalue weighted by atomic mass is 10.2. The topological polar surface area (TPSA) is 22.6 Å². The molecule has 1 aromatic rings. The maximum absolute atomic E-state index is 5.78. The van der Waals surface area contributed by atoms with Crippen molar-refractivity contribution in [3.63, 3.8) is 0 Å². The van der Waals surface area contributed by atoms with Crippen LogP contribution in [0.5, 0.6) is 0 Å². The van der Waals surface area contributed by atoms with E-state index in [4.69, 9.17) is 11.6 Å². The zero-order valence-corrected chi connectivity index (χ0v) is 14.8. The molecule has 2 heterocycles. The fourth-order valence-electron chi connectivity index (χ4n) is 2.56. The van der Waals surface area contributed by atoms with E-state index in [2.05, 4.69) is 39.2 Å². The molecule has 2 rings (SSSR count). The van der Waals surface area contributed by atoms with Crippen molar-refractivity contribution in [1.82, 2.24) is 19.7 Å². The summed E-state index contributed by atoms with van der Waals surface area (Å²) >= 11 is 7.53. The summed E-state index contributed by atoms with van der Waals surface area (Å²) in [4.78, 5) is 11.9. The Hall–Kier alpha value is -0.200. The van der Waals surface area contributed by atoms with Crippen LogP contribution in [0.15, 0.2) is 5.38 Å². The minimum Gasteiger partial charge on any atom is -0.308 e. The van der Waals surface area contributed by atoms with Crippen molar-refractivity contribution in [2.24, 2.45) is 0 Å². The number of hydrogen-bond donors (Lipinski definition) is 0. The first-order valence-electron chi connectivity index (χ1n) is 7.76. The molecule has 0 amide bonds. The summed E-state index contributed by atoms with van der Waals surface area (Å²) in [5.41, 5.74) is 1.02. The van der Waals surface area contributed by atoms with Crippen molar-refractivity contribution in [1.29, 1.82) is 0 Å². The van der Waals surface area contributed by atoms with Crippen molar-refractivity contribution < 1.29 is 0 Å². The first kappa shape index (κ1) is 17.2. The fraction of sp³-hybridized carbons (Fsp3) is 0.800. The highest BCUT2D eigenvalue weighted by atomic mass is 35.5. The number of aryl methyl sites for hydroxylation is 1. The second-order valence-electron chi connectivity index (χ2n) is 5.96. The van der Waals surface area contributed by atoms with Crippen molar-refractivity contribution in [2.45, 2.75) is 18.7 Å². The smallest absolute Gasteiger partial charge is 0.0929 e. The van der Waals surface area contributed by atoms with E-state index in [0.717, 1.165) is 18.7 Å². The average Bonchev–Trinajstić information content (AvgIpc) is 2.94. The number of thiazole rings is 1. The zero-order valence-electron chi connectivity index (χ0n) is 13.2. The number of nitrogens with zero attached hydrogens (tertiary/aromatic N) is 4. The molecule has 0 atom stereocenters. The molecule has 0 bridgehead atoms. The summed E-state index contributed by atoms with van der Waals surface area (Å²) in [6.07, 6.45) is 2.29. The molecule has 1 aliphatic rings. The third kappa shape index (κ3) is 6.20. The zero-order chi connectivity index (χ0) is 15.1. The van der Waals surface area contributed by atoms with Crippen LogP contribution in [0, 0.1) is 0 Å². The third-order valence-electron chi connectivity index (χ3n) is 3.93. The van der Waals surface area contributed by atoms with Crippen LogP contribution in [0.4, 0.5) is 0 Å². The van der Waals surface area contributed by atoms with Crippen LogP contribution in [0.2, 0.25) is 0 Å². The van der Waals surface area contributed by atoms with Gasteiger partial charge in [-0.15, -0.1) is 22.9 Å². The largest absolute Gasteiger partial charge is 0.308 e. The highest BCUT2D eigenvalue weighted by Crippen LogP contribution is 2.14. The van der Waals surface area contributed by atoms with Crippen LogP contribution >= 0.6 is 22.9 Å². The molecule has 0 radical (unpaired) electrons. The van der Waals surface area contributed by atoms with Crippen LogP contribution in [-0.4, -0.2) is 79.6 Å². The maximum Gasteiger partial charge on any atom is 0.0929 e. The second kappa shape index (κ2) is 9.06. The predicted octanol–water partition coefficient (Wildman–Crippen LogP) is 1.99. The van der Waals surface area contributed by atoms with E-state index < -0.39 is 0 Å². The Labute approximate surface area is 137 Å². The summed E-state index contributed by atoms with van der Waals surface area (Å²) in [6, 6.07) is 0. The number of rotatable bonds is 8. The average molecular weight is 331 g/mol. The molecule has 0 saturated carbocycles. The molecule has 0 spiro atoms. The standard InChI is InChI=1S/C15H27ClN4S/c1-18(2)6-7-20-10-8-19(9-11-20)5-3-4-15-17-14(12-16)13-21-15/h13H,3-12H2,1-2H3. The van der Waals surface area contributed by atoms with Gasteiger partial charge >= 0.3 is 0 Å². The van der Waals surface area contributed by atoms with E-state index in [1.807, 2.05) is 0 Å². The molecule has 1 saturated heterocycles. The van der Waals surface area contributed by atoms with E-state index in [1.54, 1.807) is 11.3 Å². The van der Waals surface area contributed by atoms with Crippen LogP contribution in [0.1, 0.15) is 17.1 Å². The van der Waals surface area contributed by atoms with Crippen LogP contribution in [-0.2, 0) is 12.3 Å². The van der Waals surface area contributed by atoms with Gasteiger partial charge in [-0.3, -0.25) is 4.90 Å². The van der Waals surface area contributed by atoms with E-state index in [1.165, 1.54) is 50.7 Å². The molecule has 0 aliphatic carbocycles. The Bertz CT molecular complexity index is 402. The summed E-state index contributed by atoms with van der Waals surface area (Å²) < 4.78 is 0. The number of likely N-dealkylation sites (N-methyl/N-ethyl adjacent to an activating group) is 1. The lowest BCUT2D eigenvalue weighted by Gasteiger charge is -2.35. The SMILES string of the molecule is CN(C)CCN1CCN(CCCc2nc(CCl)cs2)CC1. The van der Waals surface area contributed by atoms with E-state index in [-0.39, 0.29) is 0 Å². The van der Waals surface area contributed by atoms with Gasteiger partial charge in [0.25, 0.3) is 0 Å². The minimum absolute atomic E-state index is 0.533. The quantitative estimate of drug-likeness (QED) is 0.680. The molecule has 6 heteroatoms. The Morgan fingerprint density at radius 2 is 1.86 bits per heavy atom. The van der Waals surface area contributed by atoms with Gasteiger partial charge in [0.1, 0.15) is 0 Å². The molecule has 0 aromatic carbocycles. The van der Waals surface area contributed by atoms with E-state index in [0.29, 0.717) is 5.88 Å². The molecular formula is C15H27ClN4S. The van der Waals surface area contributed by atoms with Crippen LogP contribution in [0.25, 0.3) is 0 Å². The lowest BCUT2D eigenvalue weighted by molar-refractivity contribution is 0.124. The fourth-order valence-corrected chi connectivity index (χ4v) is 3.63. The first-order valence-corrected chi connectivity index (χ1v) is 9.17. The summed E-state index contributed by atoms with van der Waals surface area (Å²) in [6.45, 7) is 8.38. The van der Waals surface area contributed by atoms with Gasteiger partial charge in [-0.05, 0) is 27.1 Å². The van der Waals surface area contributed by atoms with Crippen LogP contribution in [0.3, 0.4) is 0 Å². The summed E-state index contributed by atoms with van der Waals surface area (Å²) in [5.74, 6) is 0.533. The van der Waals surface area contributed by atoms with Gasteiger partial charge in [-0.1, -0.05) is 0 Å². The van der Waals surface area contributed by atoms with Crippen LogP contribution < -0.4 is 0 Å². The van der Waals surface area contributed by atoms with Crippen molar-refractivity contribution in [2.75, 3.05) is 59.9 Å². The molecule has 1 aromatic heterocycles. The van der Waals surface area contributed by atoms with Crippen molar-refractivity contribution >= 4 is 22.9 Å². The number of aromatic nitrogens is 1. The summed E-state index contributed by atoms with van der Waals surface area (Å²) in [7, 11) is 4.29. The molecule has 1 aliphatic heterocycles.